The van der Waals surface area contributed by atoms with Crippen LogP contribution in [0.3, 0.4) is 0 Å². The molecular weight excluding hydrogens is 461 g/mol. The molecule has 1 aliphatic heterocycles. The molecule has 1 amide bonds. The first-order valence-electron chi connectivity index (χ1n) is 10.5. The fourth-order valence-corrected chi connectivity index (χ4v) is 4.20. The molecule has 0 bridgehead atoms. The molecule has 3 aromatic rings. The number of hydrogen-bond acceptors (Lipinski definition) is 10. The lowest BCUT2D eigenvalue weighted by Gasteiger charge is -2.35. The molecule has 1 fully saturated rings. The van der Waals surface area contributed by atoms with Gasteiger partial charge in [-0.1, -0.05) is 0 Å². The summed E-state index contributed by atoms with van der Waals surface area (Å²) >= 11 is 1.46. The van der Waals surface area contributed by atoms with Crippen LogP contribution in [0.5, 0.6) is 5.75 Å². The zero-order valence-corrected chi connectivity index (χ0v) is 19.3. The number of anilines is 2. The molecule has 0 saturated carbocycles. The van der Waals surface area contributed by atoms with Crippen molar-refractivity contribution in [3.8, 4) is 23.2 Å². The average molecular weight is 484 g/mol. The largest absolute Gasteiger partial charge is 0.486 e. The SMILES string of the molecule is Cc1ncc(Nc2ncnc(-c3ccc(O[C@H]4CCN(C(=O)C(C)O)C[C@H]4F)c(C#N)c3)n2)s1. The maximum absolute atomic E-state index is 14.7. The minimum atomic E-state index is -1.45. The number of thiazole rings is 1. The summed E-state index contributed by atoms with van der Waals surface area (Å²) in [5.74, 6) is 0.419. The molecule has 0 radical (unpaired) electrons. The number of nitriles is 1. The van der Waals surface area contributed by atoms with Crippen LogP contribution in [0.4, 0.5) is 15.3 Å². The standard InChI is InChI=1S/C22H22FN7O3S/c1-12(31)21(32)30-6-5-18(16(23)10-30)33-17-4-3-14(7-15(17)8-24)20-26-11-27-22(29-20)28-19-9-25-13(2)34-19/h3-4,7,9,11-12,16,18,31H,5-6,10H2,1-2H3,(H,26,27,28,29)/t12?,16-,18+/m1/s1. The van der Waals surface area contributed by atoms with Gasteiger partial charge in [0.2, 0.25) is 5.95 Å². The first kappa shape index (κ1) is 23.5. The van der Waals surface area contributed by atoms with E-state index in [1.165, 1.54) is 29.5 Å². The molecule has 10 nitrogen and oxygen atoms in total. The van der Waals surface area contributed by atoms with E-state index in [4.69, 9.17) is 4.74 Å². The molecule has 1 unspecified atom stereocenters. The van der Waals surface area contributed by atoms with Crippen LogP contribution < -0.4 is 10.1 Å². The van der Waals surface area contributed by atoms with Crippen molar-refractivity contribution in [2.75, 3.05) is 18.4 Å². The van der Waals surface area contributed by atoms with Crippen LogP contribution in [-0.4, -0.2) is 67.3 Å². The summed E-state index contributed by atoms with van der Waals surface area (Å²) in [5, 5.41) is 23.8. The van der Waals surface area contributed by atoms with Crippen LogP contribution in [0.25, 0.3) is 11.4 Å². The summed E-state index contributed by atoms with van der Waals surface area (Å²) in [7, 11) is 0. The van der Waals surface area contributed by atoms with Crippen molar-refractivity contribution in [3.05, 3.63) is 41.3 Å². The van der Waals surface area contributed by atoms with E-state index in [9.17, 15) is 19.6 Å². The van der Waals surface area contributed by atoms with Crippen LogP contribution >= 0.6 is 11.3 Å². The summed E-state index contributed by atoms with van der Waals surface area (Å²) in [4.78, 5) is 30.1. The first-order chi connectivity index (χ1) is 16.3. The lowest BCUT2D eigenvalue weighted by atomic mass is 10.0. The fraction of sp³-hybridized carbons (Fsp3) is 0.364. The Morgan fingerprint density at radius 1 is 1.41 bits per heavy atom. The number of aryl methyl sites for hydroxylation is 1. The highest BCUT2D eigenvalue weighted by molar-refractivity contribution is 7.15. The quantitative estimate of drug-likeness (QED) is 0.542. The third-order valence-electron chi connectivity index (χ3n) is 5.22. The maximum atomic E-state index is 14.7. The number of carbonyl (C=O) groups excluding carboxylic acids is 1. The Hall–Kier alpha value is -3.69. The number of nitrogens with zero attached hydrogens (tertiary/aromatic N) is 6. The van der Waals surface area contributed by atoms with E-state index in [1.54, 1.807) is 24.4 Å². The average Bonchev–Trinajstić information content (AvgIpc) is 3.24. The third-order valence-corrected chi connectivity index (χ3v) is 6.04. The van der Waals surface area contributed by atoms with Gasteiger partial charge in [0.15, 0.2) is 12.0 Å². The highest BCUT2D eigenvalue weighted by Crippen LogP contribution is 2.29. The summed E-state index contributed by atoms with van der Waals surface area (Å²) < 4.78 is 20.5. The Kier molecular flexibility index (Phi) is 6.95. The number of amides is 1. The summed E-state index contributed by atoms with van der Waals surface area (Å²) in [6.45, 7) is 3.33. The second-order valence-corrected chi connectivity index (χ2v) is 8.98. The van der Waals surface area contributed by atoms with Gasteiger partial charge in [-0.25, -0.2) is 19.3 Å². The molecule has 3 atom stereocenters. The van der Waals surface area contributed by atoms with Crippen molar-refractivity contribution in [1.82, 2.24) is 24.8 Å². The van der Waals surface area contributed by atoms with Crippen molar-refractivity contribution < 1.29 is 19.0 Å². The van der Waals surface area contributed by atoms with Gasteiger partial charge in [-0.15, -0.1) is 11.3 Å². The molecule has 0 spiro atoms. The van der Waals surface area contributed by atoms with Crippen LogP contribution in [-0.2, 0) is 4.79 Å². The summed E-state index contributed by atoms with van der Waals surface area (Å²) in [6, 6.07) is 6.91. The van der Waals surface area contributed by atoms with Crippen molar-refractivity contribution in [3.63, 3.8) is 0 Å². The minimum absolute atomic E-state index is 0.172. The molecule has 34 heavy (non-hydrogen) atoms. The van der Waals surface area contributed by atoms with Gasteiger partial charge in [-0.2, -0.15) is 10.2 Å². The van der Waals surface area contributed by atoms with Crippen molar-refractivity contribution in [2.45, 2.75) is 38.6 Å². The van der Waals surface area contributed by atoms with E-state index in [0.29, 0.717) is 17.3 Å². The molecule has 1 saturated heterocycles. The van der Waals surface area contributed by atoms with Gasteiger partial charge in [0.25, 0.3) is 5.91 Å². The highest BCUT2D eigenvalue weighted by Gasteiger charge is 2.34. The van der Waals surface area contributed by atoms with Gasteiger partial charge in [0, 0.05) is 18.5 Å². The molecule has 0 aliphatic carbocycles. The molecule has 4 rings (SSSR count). The molecule has 176 valence electrons. The summed E-state index contributed by atoms with van der Waals surface area (Å²) in [5.41, 5.74) is 0.782. The Bertz CT molecular complexity index is 1230. The van der Waals surface area contributed by atoms with E-state index < -0.39 is 24.3 Å². The number of aliphatic hydroxyl groups excluding tert-OH is 1. The Morgan fingerprint density at radius 3 is 2.91 bits per heavy atom. The minimum Gasteiger partial charge on any atom is -0.486 e. The number of halogens is 1. The number of likely N-dealkylation sites (tertiary alicyclic amines) is 1. The Balaban J connectivity index is 1.48. The third kappa shape index (κ3) is 5.27. The Morgan fingerprint density at radius 2 is 2.24 bits per heavy atom. The zero-order valence-electron chi connectivity index (χ0n) is 18.5. The maximum Gasteiger partial charge on any atom is 0.251 e. The second-order valence-electron chi connectivity index (χ2n) is 7.75. The Labute approximate surface area is 199 Å². The first-order valence-corrected chi connectivity index (χ1v) is 11.4. The lowest BCUT2D eigenvalue weighted by Crippen LogP contribution is -2.51. The van der Waals surface area contributed by atoms with Gasteiger partial charge >= 0.3 is 0 Å². The van der Waals surface area contributed by atoms with E-state index in [2.05, 4.69) is 31.3 Å². The predicted molar refractivity (Wildman–Crippen MR) is 122 cm³/mol. The van der Waals surface area contributed by atoms with Gasteiger partial charge < -0.3 is 20.1 Å². The van der Waals surface area contributed by atoms with E-state index in [1.807, 2.05) is 6.92 Å². The summed E-state index contributed by atoms with van der Waals surface area (Å²) in [6.07, 6.45) is -0.148. The molecule has 1 aromatic carbocycles. The van der Waals surface area contributed by atoms with Gasteiger partial charge in [-0.05, 0) is 32.0 Å². The van der Waals surface area contributed by atoms with Crippen molar-refractivity contribution in [1.29, 1.82) is 5.26 Å². The number of aliphatic hydroxyl groups is 1. The van der Waals surface area contributed by atoms with Crippen LogP contribution in [0.2, 0.25) is 0 Å². The van der Waals surface area contributed by atoms with Crippen molar-refractivity contribution >= 4 is 28.2 Å². The smallest absolute Gasteiger partial charge is 0.251 e. The molecule has 3 heterocycles. The molecular formula is C22H22FN7O3S. The normalized spacial score (nSPS) is 18.7. The number of aromatic nitrogens is 4. The second kappa shape index (κ2) is 10.1. The fourth-order valence-electron chi connectivity index (χ4n) is 3.53. The van der Waals surface area contributed by atoms with Crippen LogP contribution in [0.15, 0.2) is 30.7 Å². The van der Waals surface area contributed by atoms with Gasteiger partial charge in [-0.3, -0.25) is 4.79 Å². The van der Waals surface area contributed by atoms with Gasteiger partial charge in [0.1, 0.15) is 35.4 Å². The highest BCUT2D eigenvalue weighted by atomic mass is 32.1. The van der Waals surface area contributed by atoms with Crippen LogP contribution in [0, 0.1) is 18.3 Å². The van der Waals surface area contributed by atoms with E-state index >= 15 is 0 Å². The molecule has 12 heteroatoms. The van der Waals surface area contributed by atoms with Crippen LogP contribution in [0.1, 0.15) is 23.9 Å². The number of hydrogen-bond donors (Lipinski definition) is 2. The zero-order chi connectivity index (χ0) is 24.2. The number of piperidine rings is 1. The van der Waals surface area contributed by atoms with E-state index in [-0.39, 0.29) is 30.8 Å². The predicted octanol–water partition coefficient (Wildman–Crippen LogP) is 2.62. The van der Waals surface area contributed by atoms with E-state index in [0.717, 1.165) is 10.0 Å². The number of ether oxygens (including phenoxy) is 1. The molecule has 2 aromatic heterocycles. The number of benzene rings is 1. The van der Waals surface area contributed by atoms with Gasteiger partial charge in [0.05, 0.1) is 23.3 Å². The van der Waals surface area contributed by atoms with Crippen molar-refractivity contribution in [2.24, 2.45) is 0 Å². The topological polar surface area (TPSA) is 137 Å². The number of alkyl halides is 1. The molecule has 2 N–H and O–H groups in total. The lowest BCUT2D eigenvalue weighted by molar-refractivity contribution is -0.143. The monoisotopic (exact) mass is 483 g/mol. The number of carbonyl (C=O) groups is 1. The molecule has 1 aliphatic rings. The number of rotatable bonds is 6. The number of nitrogens with one attached hydrogen (secondary N) is 1.